The molecule has 0 aliphatic carbocycles. The van der Waals surface area contributed by atoms with Crippen LogP contribution in [0.2, 0.25) is 0 Å². The van der Waals surface area contributed by atoms with Gasteiger partial charge in [-0.3, -0.25) is 37.3 Å². The zero-order valence-corrected chi connectivity index (χ0v) is 69.4. The molecule has 0 aromatic heterocycles. The van der Waals surface area contributed by atoms with Crippen molar-refractivity contribution in [2.24, 2.45) is 11.8 Å². The van der Waals surface area contributed by atoms with Gasteiger partial charge in [0.1, 0.15) is 19.3 Å². The summed E-state index contributed by atoms with van der Waals surface area (Å²) in [4.78, 5) is 73.2. The number of phosphoric ester groups is 2. The van der Waals surface area contributed by atoms with Gasteiger partial charge >= 0.3 is 39.5 Å². The average molecular weight is 1510 g/mol. The molecule has 0 bridgehead atoms. The molecule has 0 amide bonds. The van der Waals surface area contributed by atoms with Crippen LogP contribution < -0.4 is 0 Å². The second-order valence-electron chi connectivity index (χ2n) is 31.2. The molecule has 0 heterocycles. The number of hydrogen-bond acceptors (Lipinski definition) is 15. The quantitative estimate of drug-likeness (QED) is 0.0222. The average Bonchev–Trinajstić information content (AvgIpc) is 0.911. The molecule has 0 aliphatic heterocycles. The highest BCUT2D eigenvalue weighted by molar-refractivity contribution is 7.47. The largest absolute Gasteiger partial charge is 0.472 e. The first kappa shape index (κ1) is 101. The van der Waals surface area contributed by atoms with E-state index in [-0.39, 0.29) is 25.7 Å². The Morgan fingerprint density at radius 1 is 0.262 bits per heavy atom. The number of phosphoric acid groups is 2. The van der Waals surface area contributed by atoms with Gasteiger partial charge in [0.25, 0.3) is 0 Å². The van der Waals surface area contributed by atoms with Gasteiger partial charge in [0, 0.05) is 25.7 Å². The molecule has 0 saturated carbocycles. The number of rotatable bonds is 83. The lowest BCUT2D eigenvalue weighted by Gasteiger charge is -2.21. The summed E-state index contributed by atoms with van der Waals surface area (Å²) in [6, 6.07) is 0. The minimum absolute atomic E-state index is 0.108. The minimum atomic E-state index is -4.96. The molecule has 0 aromatic carbocycles. The summed E-state index contributed by atoms with van der Waals surface area (Å²) in [6.07, 6.45) is 66.6. The number of ether oxygens (including phenoxy) is 4. The Balaban J connectivity index is 5.25. The monoisotopic (exact) mass is 1510 g/mol. The van der Waals surface area contributed by atoms with Crippen molar-refractivity contribution in [2.75, 3.05) is 39.6 Å². The summed E-state index contributed by atoms with van der Waals surface area (Å²) in [5.74, 6) is -0.571. The summed E-state index contributed by atoms with van der Waals surface area (Å²) in [5.41, 5.74) is 0. The Morgan fingerprint density at radius 3 is 0.660 bits per heavy atom. The first-order valence-corrected chi connectivity index (χ1v) is 46.5. The molecule has 0 aromatic rings. The lowest BCUT2D eigenvalue weighted by atomic mass is 10.0. The van der Waals surface area contributed by atoms with E-state index in [4.69, 9.17) is 37.0 Å². The van der Waals surface area contributed by atoms with Crippen LogP contribution in [0.1, 0.15) is 446 Å². The van der Waals surface area contributed by atoms with E-state index < -0.39 is 97.5 Å². The normalized spacial score (nSPS) is 13.9. The number of unbranched alkanes of at least 4 members (excludes halogenated alkanes) is 53. The Kier molecular flexibility index (Phi) is 74.1. The van der Waals surface area contributed by atoms with E-state index in [2.05, 4.69) is 41.5 Å². The summed E-state index contributed by atoms with van der Waals surface area (Å²) in [7, 11) is -9.92. The van der Waals surface area contributed by atoms with Crippen molar-refractivity contribution < 1.29 is 80.2 Å². The van der Waals surface area contributed by atoms with Gasteiger partial charge in [-0.05, 0) is 37.5 Å². The van der Waals surface area contributed by atoms with Gasteiger partial charge in [0.15, 0.2) is 12.2 Å². The molecule has 0 rings (SSSR count). The van der Waals surface area contributed by atoms with E-state index in [9.17, 15) is 43.2 Å². The molecule has 17 nitrogen and oxygen atoms in total. The second kappa shape index (κ2) is 75.5. The number of hydrogen-bond donors (Lipinski definition) is 3. The molecular weight excluding hydrogens is 1340 g/mol. The second-order valence-corrected chi connectivity index (χ2v) is 34.1. The van der Waals surface area contributed by atoms with Crippen LogP contribution in [0.5, 0.6) is 0 Å². The first-order chi connectivity index (χ1) is 49.9. The van der Waals surface area contributed by atoms with Crippen LogP contribution in [0.25, 0.3) is 0 Å². The Labute approximate surface area is 632 Å². The molecule has 0 radical (unpaired) electrons. The molecular formula is C84H164O17P2. The van der Waals surface area contributed by atoms with Crippen molar-refractivity contribution in [3.63, 3.8) is 0 Å². The lowest BCUT2D eigenvalue weighted by molar-refractivity contribution is -0.161. The van der Waals surface area contributed by atoms with Crippen LogP contribution in [-0.2, 0) is 65.4 Å². The van der Waals surface area contributed by atoms with Gasteiger partial charge in [0.05, 0.1) is 26.4 Å². The van der Waals surface area contributed by atoms with E-state index in [1.54, 1.807) is 0 Å². The fourth-order valence-electron chi connectivity index (χ4n) is 13.1. The minimum Gasteiger partial charge on any atom is -0.462 e. The standard InChI is InChI=1S/C84H164O17P2/c1-7-9-11-13-15-17-19-21-23-24-25-26-30-35-39-43-51-57-63-69-83(88)100-79(72-94-81(86)66-60-54-48-41-37-33-31-27-29-32-36-40-46-52-58-64-76(3)4)74-98-102(90,91)96-70-78(85)71-97-103(92,93)99-75-80(73-95-82(87)67-61-55-49-45-44-47-53-59-65-77(5)6)101-84(89)68-62-56-50-42-38-34-28-22-20-18-16-14-12-10-8-2/h76-80,85H,7-75H2,1-6H3,(H,90,91)(H,92,93)/t78-,79-,80-/m1/s1. The topological polar surface area (TPSA) is 237 Å². The Morgan fingerprint density at radius 2 is 0.447 bits per heavy atom. The number of carbonyl (C=O) groups excluding carboxylic acids is 4. The van der Waals surface area contributed by atoms with Crippen molar-refractivity contribution in [1.82, 2.24) is 0 Å². The molecule has 0 spiro atoms. The first-order valence-electron chi connectivity index (χ1n) is 43.5. The maximum Gasteiger partial charge on any atom is 0.472 e. The van der Waals surface area contributed by atoms with Crippen LogP contribution in [0.4, 0.5) is 0 Å². The zero-order valence-electron chi connectivity index (χ0n) is 67.6. The summed E-state index contributed by atoms with van der Waals surface area (Å²) >= 11 is 0. The highest BCUT2D eigenvalue weighted by atomic mass is 31.2. The highest BCUT2D eigenvalue weighted by Gasteiger charge is 2.30. The van der Waals surface area contributed by atoms with Crippen LogP contribution in [-0.4, -0.2) is 96.7 Å². The number of aliphatic hydroxyl groups is 1. The zero-order chi connectivity index (χ0) is 75.6. The molecule has 612 valence electrons. The van der Waals surface area contributed by atoms with Crippen LogP contribution in [0, 0.1) is 11.8 Å². The summed E-state index contributed by atoms with van der Waals surface area (Å²) in [5, 5.41) is 10.7. The third-order valence-corrected chi connectivity index (χ3v) is 21.6. The highest BCUT2D eigenvalue weighted by Crippen LogP contribution is 2.45. The van der Waals surface area contributed by atoms with Gasteiger partial charge in [0.2, 0.25) is 0 Å². The maximum absolute atomic E-state index is 13.1. The Hall–Kier alpha value is -1.94. The fourth-order valence-corrected chi connectivity index (χ4v) is 14.6. The molecule has 0 saturated heterocycles. The number of aliphatic hydroxyl groups excluding tert-OH is 1. The van der Waals surface area contributed by atoms with E-state index in [0.717, 1.165) is 102 Å². The lowest BCUT2D eigenvalue weighted by Crippen LogP contribution is -2.30. The van der Waals surface area contributed by atoms with Crippen molar-refractivity contribution in [3.8, 4) is 0 Å². The van der Waals surface area contributed by atoms with Crippen molar-refractivity contribution in [2.45, 2.75) is 464 Å². The van der Waals surface area contributed by atoms with Crippen LogP contribution in [0.3, 0.4) is 0 Å². The molecule has 19 heteroatoms. The summed E-state index contributed by atoms with van der Waals surface area (Å²) in [6.45, 7) is 9.66. The third kappa shape index (κ3) is 78.0. The predicted molar refractivity (Wildman–Crippen MR) is 423 cm³/mol. The molecule has 3 N–H and O–H groups in total. The number of carbonyl (C=O) groups is 4. The van der Waals surface area contributed by atoms with E-state index in [1.807, 2.05) is 0 Å². The van der Waals surface area contributed by atoms with Gasteiger partial charge in [-0.2, -0.15) is 0 Å². The fraction of sp³-hybridized carbons (Fsp3) is 0.952. The van der Waals surface area contributed by atoms with E-state index in [0.29, 0.717) is 25.7 Å². The third-order valence-electron chi connectivity index (χ3n) is 19.7. The smallest absolute Gasteiger partial charge is 0.462 e. The molecule has 0 fully saturated rings. The molecule has 5 atom stereocenters. The van der Waals surface area contributed by atoms with Crippen molar-refractivity contribution >= 4 is 39.5 Å². The Bertz CT molecular complexity index is 1980. The van der Waals surface area contributed by atoms with Crippen LogP contribution >= 0.6 is 15.6 Å². The van der Waals surface area contributed by atoms with Crippen molar-refractivity contribution in [1.29, 1.82) is 0 Å². The van der Waals surface area contributed by atoms with E-state index in [1.165, 1.54) is 263 Å². The molecule has 103 heavy (non-hydrogen) atoms. The maximum atomic E-state index is 13.1. The van der Waals surface area contributed by atoms with E-state index >= 15 is 0 Å². The van der Waals surface area contributed by atoms with Gasteiger partial charge in [-0.1, -0.05) is 395 Å². The van der Waals surface area contributed by atoms with Gasteiger partial charge < -0.3 is 33.8 Å². The van der Waals surface area contributed by atoms with Gasteiger partial charge in [-0.25, -0.2) is 9.13 Å². The predicted octanol–water partition coefficient (Wildman–Crippen LogP) is 25.5. The van der Waals surface area contributed by atoms with Crippen molar-refractivity contribution in [3.05, 3.63) is 0 Å². The molecule has 0 aliphatic rings. The molecule has 2 unspecified atom stereocenters. The summed E-state index contributed by atoms with van der Waals surface area (Å²) < 4.78 is 68.8. The SMILES string of the molecule is CCCCCCCCCCCCCCCCCCCCCC(=O)O[C@H](COC(=O)CCCCCCCCCCCCCCCCCC(C)C)COP(=O)(O)OC[C@@H](O)COP(=O)(O)OC[C@@H](COC(=O)CCCCCCCCCCC(C)C)OC(=O)CCCCCCCCCCCCCCCCC. The number of esters is 4. The van der Waals surface area contributed by atoms with Gasteiger partial charge in [-0.15, -0.1) is 0 Å². The van der Waals surface area contributed by atoms with Crippen LogP contribution in [0.15, 0.2) is 0 Å².